The summed E-state index contributed by atoms with van der Waals surface area (Å²) in [4.78, 5) is 49.5. The summed E-state index contributed by atoms with van der Waals surface area (Å²) in [6, 6.07) is 7.38. The highest BCUT2D eigenvalue weighted by Gasteiger charge is 2.29. The summed E-state index contributed by atoms with van der Waals surface area (Å²) in [5, 5.41) is 0. The number of aromatic nitrogens is 2. The Labute approximate surface area is 166 Å². The number of ether oxygens (including phenoxy) is 2. The van der Waals surface area contributed by atoms with Crippen molar-refractivity contribution >= 4 is 17.6 Å². The van der Waals surface area contributed by atoms with Gasteiger partial charge in [0.2, 0.25) is 5.78 Å². The topological polar surface area (TPSA) is 123 Å². The van der Waals surface area contributed by atoms with E-state index in [9.17, 15) is 19.2 Å². The molecule has 154 valence electrons. The lowest BCUT2D eigenvalue weighted by Crippen LogP contribution is -2.43. The Bertz CT molecular complexity index is 1070. The third-order valence-corrected chi connectivity index (χ3v) is 4.87. The van der Waals surface area contributed by atoms with Gasteiger partial charge in [0.15, 0.2) is 6.61 Å². The van der Waals surface area contributed by atoms with E-state index < -0.39 is 35.5 Å². The van der Waals surface area contributed by atoms with Gasteiger partial charge in [0.1, 0.15) is 23.7 Å². The van der Waals surface area contributed by atoms with Gasteiger partial charge < -0.3 is 15.2 Å². The van der Waals surface area contributed by atoms with Crippen LogP contribution in [0.25, 0.3) is 0 Å². The van der Waals surface area contributed by atoms with Crippen LogP contribution in [0.2, 0.25) is 0 Å². The Morgan fingerprint density at radius 1 is 1.28 bits per heavy atom. The van der Waals surface area contributed by atoms with E-state index in [1.54, 1.807) is 0 Å². The van der Waals surface area contributed by atoms with Crippen LogP contribution < -0.4 is 21.7 Å². The molecule has 0 fully saturated rings. The second kappa shape index (κ2) is 8.34. The maximum absolute atomic E-state index is 12.6. The molecule has 9 nitrogen and oxygen atoms in total. The number of anilines is 1. The first-order valence-corrected chi connectivity index (χ1v) is 9.35. The minimum atomic E-state index is -0.809. The van der Waals surface area contributed by atoms with Crippen molar-refractivity contribution in [2.24, 2.45) is 13.0 Å². The molecule has 2 N–H and O–H groups in total. The number of nitrogens with two attached hydrogens (primary N) is 1. The summed E-state index contributed by atoms with van der Waals surface area (Å²) in [5.41, 5.74) is 5.04. The second-order valence-corrected chi connectivity index (χ2v) is 6.91. The Balaban J connectivity index is 1.74. The van der Waals surface area contributed by atoms with E-state index in [1.165, 1.54) is 11.6 Å². The number of benzene rings is 1. The number of carbonyl (C=O) groups is 2. The third-order valence-electron chi connectivity index (χ3n) is 4.87. The van der Waals surface area contributed by atoms with Crippen molar-refractivity contribution in [2.75, 3.05) is 18.9 Å². The van der Waals surface area contributed by atoms with Crippen molar-refractivity contribution in [3.05, 3.63) is 56.2 Å². The summed E-state index contributed by atoms with van der Waals surface area (Å²) in [5.74, 6) is -1.38. The summed E-state index contributed by atoms with van der Waals surface area (Å²) < 4.78 is 12.7. The first-order valence-electron chi connectivity index (χ1n) is 9.35. The lowest BCUT2D eigenvalue weighted by atomic mass is 9.97. The van der Waals surface area contributed by atoms with Gasteiger partial charge in [0.05, 0.1) is 5.92 Å². The van der Waals surface area contributed by atoms with Crippen LogP contribution in [0.3, 0.4) is 0 Å². The second-order valence-electron chi connectivity index (χ2n) is 6.91. The minimum Gasteiger partial charge on any atom is -0.492 e. The molecule has 1 atom stereocenters. The van der Waals surface area contributed by atoms with Crippen LogP contribution in [0, 0.1) is 5.92 Å². The van der Waals surface area contributed by atoms with Gasteiger partial charge in [-0.3, -0.25) is 23.5 Å². The fraction of sp³-hybridized carbons (Fsp3) is 0.400. The molecule has 0 radical (unpaired) electrons. The lowest BCUT2D eigenvalue weighted by Gasteiger charge is -2.23. The molecule has 2 heterocycles. The fourth-order valence-corrected chi connectivity index (χ4v) is 3.29. The number of hydrogen-bond acceptors (Lipinski definition) is 7. The molecule has 0 aliphatic carbocycles. The van der Waals surface area contributed by atoms with Crippen LogP contribution >= 0.6 is 0 Å². The van der Waals surface area contributed by atoms with Gasteiger partial charge in [-0.2, -0.15) is 0 Å². The van der Waals surface area contributed by atoms with Crippen molar-refractivity contribution in [3.8, 4) is 5.75 Å². The number of nitrogens with zero attached hydrogens (tertiary/aromatic N) is 2. The molecule has 0 saturated carbocycles. The number of ketones is 1. The first kappa shape index (κ1) is 20.4. The number of esters is 1. The van der Waals surface area contributed by atoms with E-state index in [0.29, 0.717) is 12.8 Å². The van der Waals surface area contributed by atoms with Crippen molar-refractivity contribution in [2.45, 2.75) is 26.3 Å². The molecule has 29 heavy (non-hydrogen) atoms. The Hall–Kier alpha value is -3.36. The molecule has 1 aliphatic heterocycles. The van der Waals surface area contributed by atoms with Gasteiger partial charge in [-0.15, -0.1) is 0 Å². The number of hydrogen-bond donors (Lipinski definition) is 1. The number of para-hydroxylation sites is 1. The number of carbonyl (C=O) groups excluding carboxylic acids is 2. The number of rotatable bonds is 6. The molecule has 2 aromatic rings. The average molecular weight is 401 g/mol. The standard InChI is InChI=1S/C20H23N3O6/c1-3-8-23-17(21)16(18(25)22(2)20(23)27)14(24)11-29-19(26)13-9-12-6-4-5-7-15(12)28-10-13/h4-7,13H,3,8-11,21H2,1-2H3/t13-/m1/s1. The fourth-order valence-electron chi connectivity index (χ4n) is 3.29. The van der Waals surface area contributed by atoms with E-state index in [0.717, 1.165) is 15.9 Å². The Morgan fingerprint density at radius 2 is 2.00 bits per heavy atom. The smallest absolute Gasteiger partial charge is 0.332 e. The number of fused-ring (bicyclic) bond motifs is 1. The highest BCUT2D eigenvalue weighted by atomic mass is 16.5. The highest BCUT2D eigenvalue weighted by Crippen LogP contribution is 2.27. The molecule has 0 spiro atoms. The van der Waals surface area contributed by atoms with Crippen molar-refractivity contribution < 1.29 is 19.1 Å². The van der Waals surface area contributed by atoms with Crippen LogP contribution in [0.15, 0.2) is 33.9 Å². The lowest BCUT2D eigenvalue weighted by molar-refractivity contribution is -0.148. The molecule has 1 aliphatic rings. The van der Waals surface area contributed by atoms with Gasteiger partial charge in [-0.25, -0.2) is 4.79 Å². The quantitative estimate of drug-likeness (QED) is 0.553. The van der Waals surface area contributed by atoms with Crippen molar-refractivity contribution in [1.82, 2.24) is 9.13 Å². The molecule has 0 unspecified atom stereocenters. The first-order chi connectivity index (χ1) is 13.8. The van der Waals surface area contributed by atoms with Crippen LogP contribution in [-0.2, 0) is 29.5 Å². The van der Waals surface area contributed by atoms with Gasteiger partial charge in [0.25, 0.3) is 5.56 Å². The van der Waals surface area contributed by atoms with Crippen LogP contribution in [0.4, 0.5) is 5.82 Å². The summed E-state index contributed by atoms with van der Waals surface area (Å²) in [6.45, 7) is 1.61. The van der Waals surface area contributed by atoms with Crippen molar-refractivity contribution in [3.63, 3.8) is 0 Å². The molecule has 9 heteroatoms. The molecule has 1 aromatic carbocycles. The predicted molar refractivity (Wildman–Crippen MR) is 105 cm³/mol. The molecule has 0 bridgehead atoms. The maximum Gasteiger partial charge on any atom is 0.332 e. The average Bonchev–Trinajstić information content (AvgIpc) is 2.73. The zero-order valence-corrected chi connectivity index (χ0v) is 16.3. The van der Waals surface area contributed by atoms with Crippen LogP contribution in [-0.4, -0.2) is 34.1 Å². The Morgan fingerprint density at radius 3 is 2.72 bits per heavy atom. The maximum atomic E-state index is 12.6. The number of Topliss-reactive ketones (excluding diaryl/α,β-unsaturated/α-hetero) is 1. The monoisotopic (exact) mass is 401 g/mol. The molecule has 0 saturated heterocycles. The third kappa shape index (κ3) is 3.94. The molecule has 0 amide bonds. The molecule has 3 rings (SSSR count). The van der Waals surface area contributed by atoms with Gasteiger partial charge in [0, 0.05) is 13.6 Å². The Kier molecular flexibility index (Phi) is 5.86. The van der Waals surface area contributed by atoms with Gasteiger partial charge in [-0.05, 0) is 24.5 Å². The summed E-state index contributed by atoms with van der Waals surface area (Å²) in [7, 11) is 1.27. The van der Waals surface area contributed by atoms with Crippen LogP contribution in [0.1, 0.15) is 29.3 Å². The SMILES string of the molecule is CCCn1c(N)c(C(=O)COC(=O)[C@H]2COc3ccccc3C2)c(=O)n(C)c1=O. The zero-order chi connectivity index (χ0) is 21.1. The van der Waals surface area contributed by atoms with E-state index in [4.69, 9.17) is 15.2 Å². The molecular formula is C20H23N3O6. The number of nitrogen functional groups attached to an aromatic ring is 1. The normalized spacial score (nSPS) is 15.3. The predicted octanol–water partition coefficient (Wildman–Crippen LogP) is 0.516. The summed E-state index contributed by atoms with van der Waals surface area (Å²) >= 11 is 0. The van der Waals surface area contributed by atoms with E-state index in [1.807, 2.05) is 31.2 Å². The summed E-state index contributed by atoms with van der Waals surface area (Å²) in [6.07, 6.45) is 1.03. The zero-order valence-electron chi connectivity index (χ0n) is 16.3. The van der Waals surface area contributed by atoms with E-state index >= 15 is 0 Å². The largest absolute Gasteiger partial charge is 0.492 e. The highest BCUT2D eigenvalue weighted by molar-refractivity contribution is 6.01. The molecular weight excluding hydrogens is 378 g/mol. The van der Waals surface area contributed by atoms with Gasteiger partial charge >= 0.3 is 11.7 Å². The van der Waals surface area contributed by atoms with Crippen LogP contribution in [0.5, 0.6) is 5.75 Å². The minimum absolute atomic E-state index is 0.148. The van der Waals surface area contributed by atoms with Crippen molar-refractivity contribution in [1.29, 1.82) is 0 Å². The molecule has 1 aromatic heterocycles. The van der Waals surface area contributed by atoms with Gasteiger partial charge in [-0.1, -0.05) is 25.1 Å². The van der Waals surface area contributed by atoms with E-state index in [-0.39, 0.29) is 24.5 Å². The van der Waals surface area contributed by atoms with E-state index in [2.05, 4.69) is 0 Å².